The van der Waals surface area contributed by atoms with Crippen LogP contribution in [0.15, 0.2) is 85.2 Å². The molecule has 12 heteroatoms. The van der Waals surface area contributed by atoms with E-state index in [4.69, 9.17) is 15.2 Å². The Kier molecular flexibility index (Phi) is 11.8. The monoisotopic (exact) mass is 572 g/mol. The minimum atomic E-state index is -0.475. The summed E-state index contributed by atoms with van der Waals surface area (Å²) in [6.45, 7) is 3.87. The van der Waals surface area contributed by atoms with E-state index in [2.05, 4.69) is 20.6 Å². The van der Waals surface area contributed by atoms with Crippen LogP contribution in [0.25, 0.3) is 0 Å². The molecule has 2 heterocycles. The van der Waals surface area contributed by atoms with Crippen LogP contribution in [0.4, 0.5) is 23.0 Å². The Labute approximate surface area is 243 Å². The molecule has 0 bridgehead atoms. The number of hydrogen-bond acceptors (Lipinski definition) is 9. The highest BCUT2D eigenvalue weighted by molar-refractivity contribution is 5.90. The lowest BCUT2D eigenvalue weighted by molar-refractivity contribution is -0.384. The number of nitro benzene ring substituents is 1. The summed E-state index contributed by atoms with van der Waals surface area (Å²) >= 11 is 0. The van der Waals surface area contributed by atoms with Gasteiger partial charge in [-0.25, -0.2) is 9.97 Å². The van der Waals surface area contributed by atoms with Gasteiger partial charge in [-0.2, -0.15) is 0 Å². The Morgan fingerprint density at radius 2 is 1.17 bits per heavy atom. The molecule has 4 N–H and O–H groups in total. The van der Waals surface area contributed by atoms with Crippen LogP contribution < -0.4 is 25.8 Å². The molecule has 0 aliphatic carbocycles. The van der Waals surface area contributed by atoms with Crippen LogP contribution in [0.5, 0.6) is 23.0 Å². The topological polar surface area (TPSA) is 172 Å². The molecule has 0 unspecified atom stereocenters. The number of carbonyl (C=O) groups excluding carboxylic acids is 2. The van der Waals surface area contributed by atoms with Gasteiger partial charge in [0.15, 0.2) is 0 Å². The second-order valence-corrected chi connectivity index (χ2v) is 8.87. The van der Waals surface area contributed by atoms with E-state index in [1.165, 1.54) is 30.5 Å². The van der Waals surface area contributed by atoms with Gasteiger partial charge in [0.25, 0.3) is 5.69 Å². The lowest BCUT2D eigenvalue weighted by Crippen LogP contribution is -2.11. The van der Waals surface area contributed by atoms with E-state index >= 15 is 0 Å². The van der Waals surface area contributed by atoms with E-state index in [-0.39, 0.29) is 17.5 Å². The Bertz CT molecular complexity index is 1480. The molecule has 4 rings (SSSR count). The van der Waals surface area contributed by atoms with Crippen molar-refractivity contribution in [3.8, 4) is 23.0 Å². The summed E-state index contributed by atoms with van der Waals surface area (Å²) in [4.78, 5) is 41.3. The van der Waals surface area contributed by atoms with Crippen molar-refractivity contribution in [1.29, 1.82) is 0 Å². The van der Waals surface area contributed by atoms with Crippen molar-refractivity contribution in [2.75, 3.05) is 16.4 Å². The second-order valence-electron chi connectivity index (χ2n) is 8.87. The first-order valence-corrected chi connectivity index (χ1v) is 13.2. The third kappa shape index (κ3) is 10.6. The zero-order chi connectivity index (χ0) is 30.3. The highest BCUT2D eigenvalue weighted by Gasteiger charge is 2.07. The van der Waals surface area contributed by atoms with Crippen LogP contribution in [0.1, 0.15) is 39.5 Å². The van der Waals surface area contributed by atoms with Crippen LogP contribution in [0, 0.1) is 10.1 Å². The number of anilines is 3. The van der Waals surface area contributed by atoms with Gasteiger partial charge in [-0.3, -0.25) is 19.7 Å². The number of nitrogens with two attached hydrogens (primary N) is 1. The lowest BCUT2D eigenvalue weighted by Gasteiger charge is -2.08. The minimum absolute atomic E-state index is 0.00500. The van der Waals surface area contributed by atoms with E-state index in [9.17, 15) is 19.7 Å². The van der Waals surface area contributed by atoms with Crippen molar-refractivity contribution in [1.82, 2.24) is 9.97 Å². The maximum Gasteiger partial charge on any atom is 0.269 e. The molecule has 0 fully saturated rings. The third-order valence-corrected chi connectivity index (χ3v) is 5.35. The maximum absolute atomic E-state index is 11.5. The fourth-order valence-corrected chi connectivity index (χ4v) is 3.39. The summed E-state index contributed by atoms with van der Waals surface area (Å²) in [7, 11) is 0. The van der Waals surface area contributed by atoms with E-state index in [0.29, 0.717) is 53.2 Å². The lowest BCUT2D eigenvalue weighted by atomic mass is 10.3. The Morgan fingerprint density at radius 3 is 1.57 bits per heavy atom. The summed E-state index contributed by atoms with van der Waals surface area (Å²) in [5.74, 6) is 2.95. The number of rotatable bonds is 11. The fraction of sp³-hybridized carbons (Fsp3) is 0.200. The molecule has 0 aliphatic heterocycles. The number of hydrogen-bond donors (Lipinski definition) is 3. The summed E-state index contributed by atoms with van der Waals surface area (Å²) in [5, 5.41) is 16.0. The second kappa shape index (κ2) is 15.9. The summed E-state index contributed by atoms with van der Waals surface area (Å²) in [6.07, 6.45) is 5.56. The van der Waals surface area contributed by atoms with Gasteiger partial charge in [0, 0.05) is 55.2 Å². The first-order valence-electron chi connectivity index (χ1n) is 13.2. The van der Waals surface area contributed by atoms with Gasteiger partial charge in [0.1, 0.15) is 34.6 Å². The first kappa shape index (κ1) is 31.0. The van der Waals surface area contributed by atoms with Crippen molar-refractivity contribution in [2.45, 2.75) is 39.5 Å². The number of aromatic nitrogens is 2. The van der Waals surface area contributed by atoms with Gasteiger partial charge in [0.2, 0.25) is 11.8 Å². The molecule has 0 aliphatic rings. The average Bonchev–Trinajstić information content (AvgIpc) is 2.96. The number of pyridine rings is 2. The SMILES string of the molecule is CCCC(=O)Nc1cc(Oc2ccc(N)cc2)ccn1.CCCC(=O)Nc1cc(Oc2ccc([N+](=O)[O-])cc2)ccn1. The molecular weight excluding hydrogens is 540 g/mol. The van der Waals surface area contributed by atoms with Crippen LogP contribution in [0.3, 0.4) is 0 Å². The Morgan fingerprint density at radius 1 is 0.738 bits per heavy atom. The van der Waals surface area contributed by atoms with Crippen LogP contribution >= 0.6 is 0 Å². The molecule has 42 heavy (non-hydrogen) atoms. The summed E-state index contributed by atoms with van der Waals surface area (Å²) in [6, 6.07) is 19.5. The third-order valence-electron chi connectivity index (χ3n) is 5.35. The number of carbonyl (C=O) groups is 2. The Hall–Kier alpha value is -5.52. The first-order chi connectivity index (χ1) is 20.2. The molecular formula is C30H32N6O6. The smallest absolute Gasteiger partial charge is 0.269 e. The molecule has 2 aromatic carbocycles. The number of non-ortho nitro benzene ring substituents is 1. The van der Waals surface area contributed by atoms with Crippen molar-refractivity contribution < 1.29 is 24.0 Å². The van der Waals surface area contributed by atoms with Gasteiger partial charge in [-0.1, -0.05) is 13.8 Å². The Balaban J connectivity index is 0.000000231. The van der Waals surface area contributed by atoms with Gasteiger partial charge < -0.3 is 25.8 Å². The zero-order valence-corrected chi connectivity index (χ0v) is 23.3. The molecule has 2 aromatic heterocycles. The standard InChI is InChI=1S/C15H15N3O4.C15H17N3O2/c1-2-3-15(19)17-14-10-13(8-9-16-14)22-12-6-4-11(5-7-12)18(20)21;1-2-3-15(19)18-14-10-13(8-9-17-14)20-12-6-4-11(16)5-7-12/h4-10H,2-3H2,1H3,(H,16,17,19);4-10H,2-3,16H2,1H3,(H,17,18,19). The molecule has 2 amide bonds. The van der Waals surface area contributed by atoms with Gasteiger partial charge in [0.05, 0.1) is 4.92 Å². The van der Waals surface area contributed by atoms with E-state index in [0.717, 1.165) is 12.8 Å². The van der Waals surface area contributed by atoms with Crippen molar-refractivity contribution >= 4 is 34.8 Å². The number of nitrogen functional groups attached to an aromatic ring is 1. The highest BCUT2D eigenvalue weighted by atomic mass is 16.6. The number of benzene rings is 2. The predicted octanol–water partition coefficient (Wildman–Crippen LogP) is 6.72. The van der Waals surface area contributed by atoms with Gasteiger partial charge >= 0.3 is 0 Å². The summed E-state index contributed by atoms with van der Waals surface area (Å²) < 4.78 is 11.3. The van der Waals surface area contributed by atoms with Crippen molar-refractivity contribution in [3.05, 3.63) is 95.3 Å². The van der Waals surface area contributed by atoms with Crippen LogP contribution in [0.2, 0.25) is 0 Å². The van der Waals surface area contributed by atoms with Gasteiger partial charge in [-0.05, 0) is 61.4 Å². The highest BCUT2D eigenvalue weighted by Crippen LogP contribution is 2.25. The van der Waals surface area contributed by atoms with E-state index < -0.39 is 4.92 Å². The van der Waals surface area contributed by atoms with Crippen LogP contribution in [-0.2, 0) is 9.59 Å². The van der Waals surface area contributed by atoms with Gasteiger partial charge in [-0.15, -0.1) is 0 Å². The molecule has 0 atom stereocenters. The number of nitrogens with zero attached hydrogens (tertiary/aromatic N) is 3. The molecule has 12 nitrogen and oxygen atoms in total. The normalized spacial score (nSPS) is 10.0. The maximum atomic E-state index is 11.5. The molecule has 0 spiro atoms. The number of nitro groups is 1. The van der Waals surface area contributed by atoms with Crippen LogP contribution in [-0.4, -0.2) is 26.7 Å². The molecule has 218 valence electrons. The fourth-order valence-electron chi connectivity index (χ4n) is 3.39. The average molecular weight is 573 g/mol. The van der Waals surface area contributed by atoms with Crippen molar-refractivity contribution in [2.24, 2.45) is 0 Å². The molecule has 0 radical (unpaired) electrons. The van der Waals surface area contributed by atoms with Crippen molar-refractivity contribution in [3.63, 3.8) is 0 Å². The quantitative estimate of drug-likeness (QED) is 0.100. The predicted molar refractivity (Wildman–Crippen MR) is 160 cm³/mol. The largest absolute Gasteiger partial charge is 0.457 e. The zero-order valence-electron chi connectivity index (χ0n) is 23.3. The number of amides is 2. The van der Waals surface area contributed by atoms with E-state index in [1.807, 2.05) is 13.8 Å². The minimum Gasteiger partial charge on any atom is -0.457 e. The van der Waals surface area contributed by atoms with E-state index in [1.54, 1.807) is 54.7 Å². The number of nitrogens with one attached hydrogen (secondary N) is 2. The molecule has 4 aromatic rings. The molecule has 0 saturated carbocycles. The molecule has 0 saturated heterocycles. The summed E-state index contributed by atoms with van der Waals surface area (Å²) in [5.41, 5.74) is 6.29. The number of ether oxygens (including phenoxy) is 2.